The van der Waals surface area contributed by atoms with Gasteiger partial charge in [-0.1, -0.05) is 0 Å². The molecule has 0 rings (SSSR count). The molecule has 0 bridgehead atoms. The molecule has 0 amide bonds. The summed E-state index contributed by atoms with van der Waals surface area (Å²) in [7, 11) is 2.56. The van der Waals surface area contributed by atoms with E-state index in [4.69, 9.17) is 4.91 Å². The van der Waals surface area contributed by atoms with Gasteiger partial charge in [0, 0.05) is 0 Å². The van der Waals surface area contributed by atoms with E-state index in [2.05, 4.69) is 7.05 Å². The van der Waals surface area contributed by atoms with Crippen LogP contribution in [0.2, 0.25) is 0 Å². The standard InChI is InChI=1S/CH2NO.Fe/c1-2-3;/h1H2;/q-1;+2. The van der Waals surface area contributed by atoms with Crippen LogP contribution in [0.1, 0.15) is 0 Å². The zero-order chi connectivity index (χ0) is 2.71. The molecule has 0 radical (unpaired) electrons. The van der Waals surface area contributed by atoms with Gasteiger partial charge in [-0.25, -0.2) is 5.18 Å². The van der Waals surface area contributed by atoms with Gasteiger partial charge in [-0.3, -0.25) is 7.05 Å². The Bertz CT molecular complexity index is 15.5. The van der Waals surface area contributed by atoms with Gasteiger partial charge in [0.15, 0.2) is 0 Å². The Morgan fingerprint density at radius 3 is 1.75 bits per heavy atom. The van der Waals surface area contributed by atoms with Crippen LogP contribution < -0.4 is 0 Å². The summed E-state index contributed by atoms with van der Waals surface area (Å²) < 4.78 is 0. The molecule has 0 spiro atoms. The van der Waals surface area contributed by atoms with E-state index in [9.17, 15) is 0 Å². The maximum Gasteiger partial charge on any atom is 2.00 e. The van der Waals surface area contributed by atoms with Crippen LogP contribution in [0.15, 0.2) is 5.18 Å². The Kier molecular flexibility index (Phi) is 27.2. The van der Waals surface area contributed by atoms with Gasteiger partial charge >= 0.3 is 17.1 Å². The third kappa shape index (κ3) is 17600. The van der Waals surface area contributed by atoms with Crippen LogP contribution in [0.4, 0.5) is 0 Å². The molecule has 0 fully saturated rings. The molecule has 0 heterocycles. The van der Waals surface area contributed by atoms with Crippen LogP contribution in [0, 0.1) is 12.0 Å². The molecule has 0 aromatic heterocycles. The fraction of sp³-hybridized carbons (Fsp3) is 0. The summed E-state index contributed by atoms with van der Waals surface area (Å²) in [5, 5.41) is 2.00. The Morgan fingerprint density at radius 2 is 1.75 bits per heavy atom. The summed E-state index contributed by atoms with van der Waals surface area (Å²) in [6.45, 7) is 0. The summed E-state index contributed by atoms with van der Waals surface area (Å²) in [6, 6.07) is 0. The number of nitroso groups, excluding NO2 is 1. The van der Waals surface area contributed by atoms with E-state index in [1.165, 1.54) is 0 Å². The first-order valence-corrected chi connectivity index (χ1v) is 0.499. The molecule has 4 heavy (non-hydrogen) atoms. The zero-order valence-electron chi connectivity index (χ0n) is 1.92. The Morgan fingerprint density at radius 1 is 1.75 bits per heavy atom. The monoisotopic (exact) mass is 99.9 g/mol. The normalized spacial score (nSPS) is 3.00. The molecule has 3 heteroatoms. The van der Waals surface area contributed by atoms with Crippen LogP contribution >= 0.6 is 0 Å². The molecule has 24 valence electrons. The Balaban J connectivity index is 0. The molecule has 0 aromatic rings. The van der Waals surface area contributed by atoms with Crippen molar-refractivity contribution in [1.82, 2.24) is 0 Å². The van der Waals surface area contributed by atoms with Crippen LogP contribution in [0.25, 0.3) is 0 Å². The van der Waals surface area contributed by atoms with Crippen LogP contribution in [-0.2, 0) is 17.1 Å². The summed E-state index contributed by atoms with van der Waals surface area (Å²) in [6.07, 6.45) is 0. The minimum atomic E-state index is 0. The van der Waals surface area contributed by atoms with E-state index in [-0.39, 0.29) is 17.1 Å². The molecule has 0 aliphatic heterocycles. The van der Waals surface area contributed by atoms with Crippen molar-refractivity contribution in [1.29, 1.82) is 0 Å². The molecule has 0 saturated heterocycles. The fourth-order valence-corrected chi connectivity index (χ4v) is 0. The molecular weight excluding hydrogens is 97.9 g/mol. The van der Waals surface area contributed by atoms with Crippen molar-refractivity contribution < 1.29 is 17.1 Å². The summed E-state index contributed by atoms with van der Waals surface area (Å²) >= 11 is 0. The number of rotatable bonds is 0. The molecule has 0 aromatic carbocycles. The third-order valence-corrected chi connectivity index (χ3v) is 0. The molecule has 0 saturated carbocycles. The average Bonchev–Trinajstić information content (AvgIpc) is 0.918. The quantitative estimate of drug-likeness (QED) is 0.248. The van der Waals surface area contributed by atoms with Crippen LogP contribution in [0.5, 0.6) is 0 Å². The topological polar surface area (TPSA) is 29.4 Å². The van der Waals surface area contributed by atoms with Crippen molar-refractivity contribution in [3.63, 3.8) is 0 Å². The first kappa shape index (κ1) is 9.01. The van der Waals surface area contributed by atoms with Gasteiger partial charge in [-0.2, -0.15) is 4.91 Å². The van der Waals surface area contributed by atoms with Gasteiger partial charge in [0.1, 0.15) is 0 Å². The fourth-order valence-electron chi connectivity index (χ4n) is 0. The van der Waals surface area contributed by atoms with Crippen LogP contribution in [-0.4, -0.2) is 0 Å². The second kappa shape index (κ2) is 12.1. The molecular formula is CH2FeNO+. The average molecular weight is 99.9 g/mol. The van der Waals surface area contributed by atoms with E-state index < -0.39 is 0 Å². The van der Waals surface area contributed by atoms with Crippen molar-refractivity contribution >= 4 is 0 Å². The number of hydrogen-bond acceptors (Lipinski definition) is 2. The van der Waals surface area contributed by atoms with Crippen molar-refractivity contribution in [3.05, 3.63) is 12.0 Å². The van der Waals surface area contributed by atoms with E-state index in [1.54, 1.807) is 0 Å². The van der Waals surface area contributed by atoms with Crippen molar-refractivity contribution in [2.45, 2.75) is 0 Å². The van der Waals surface area contributed by atoms with Gasteiger partial charge in [0.25, 0.3) is 0 Å². The summed E-state index contributed by atoms with van der Waals surface area (Å²) in [5.41, 5.74) is 0. The first-order chi connectivity index (χ1) is 1.41. The van der Waals surface area contributed by atoms with Gasteiger partial charge in [0.05, 0.1) is 0 Å². The molecule has 0 aliphatic carbocycles. The Hall–Kier alpha value is -0.0105. The maximum atomic E-state index is 8.44. The maximum absolute atomic E-state index is 8.44. The predicted octanol–water partition coefficient (Wildman–Crippen LogP) is 0.542. The predicted molar refractivity (Wildman–Crippen MR) is 11.2 cm³/mol. The second-order valence-corrected chi connectivity index (χ2v) is 0.129. The van der Waals surface area contributed by atoms with Crippen molar-refractivity contribution in [2.75, 3.05) is 0 Å². The SMILES string of the molecule is [CH2-]N=O.[Fe+2]. The van der Waals surface area contributed by atoms with E-state index >= 15 is 0 Å². The molecule has 0 N–H and O–H groups in total. The summed E-state index contributed by atoms with van der Waals surface area (Å²) in [4.78, 5) is 8.44. The van der Waals surface area contributed by atoms with E-state index in [1.807, 2.05) is 5.18 Å². The molecule has 0 aliphatic rings. The third-order valence-electron chi connectivity index (χ3n) is 0. The summed E-state index contributed by atoms with van der Waals surface area (Å²) in [5.74, 6) is 0. The largest absolute Gasteiger partial charge is 2.00 e. The van der Waals surface area contributed by atoms with E-state index in [0.717, 1.165) is 0 Å². The first-order valence-electron chi connectivity index (χ1n) is 0.499. The van der Waals surface area contributed by atoms with Gasteiger partial charge in [0.2, 0.25) is 0 Å². The van der Waals surface area contributed by atoms with Crippen LogP contribution in [0.3, 0.4) is 0 Å². The molecule has 0 atom stereocenters. The number of hydrogen-bond donors (Lipinski definition) is 0. The van der Waals surface area contributed by atoms with Crippen molar-refractivity contribution in [2.24, 2.45) is 5.18 Å². The molecule has 0 unspecified atom stereocenters. The van der Waals surface area contributed by atoms with Gasteiger partial charge in [-0.05, 0) is 0 Å². The molecule has 2 nitrogen and oxygen atoms in total. The minimum Gasteiger partial charge on any atom is -0.252 e. The van der Waals surface area contributed by atoms with Crippen molar-refractivity contribution in [3.8, 4) is 0 Å². The zero-order valence-corrected chi connectivity index (χ0v) is 3.02. The van der Waals surface area contributed by atoms with E-state index in [0.29, 0.717) is 0 Å². The smallest absolute Gasteiger partial charge is 0.252 e. The minimum absolute atomic E-state index is 0. The Labute approximate surface area is 35.0 Å². The van der Waals surface area contributed by atoms with Gasteiger partial charge < -0.3 is 0 Å². The number of nitrogens with zero attached hydrogens (tertiary/aromatic N) is 1. The van der Waals surface area contributed by atoms with Gasteiger partial charge in [-0.15, -0.1) is 0 Å². The second-order valence-electron chi connectivity index (χ2n) is 0.129.